The first-order chi connectivity index (χ1) is 3.56. The zero-order chi connectivity index (χ0) is 6.62. The van der Waals surface area contributed by atoms with Crippen molar-refractivity contribution in [2.45, 2.75) is 0 Å². The number of carbonyl (C=O) groups is 1. The van der Waals surface area contributed by atoms with Gasteiger partial charge in [-0.1, -0.05) is 4.67 Å². The van der Waals surface area contributed by atoms with Crippen LogP contribution < -0.4 is 0 Å². The highest BCUT2D eigenvalue weighted by Gasteiger charge is 2.14. The van der Waals surface area contributed by atoms with E-state index in [-0.39, 0.29) is 6.47 Å². The number of rotatable bonds is 3. The lowest BCUT2D eigenvalue weighted by molar-refractivity contribution is -0.205. The minimum Gasteiger partial charge on any atom is -0.301 e. The topological polar surface area (TPSA) is 93.1 Å². The Labute approximate surface area is 44.2 Å². The maximum atomic E-state index is 9.58. The fourth-order valence-electron chi connectivity index (χ4n) is 0.0736. The van der Waals surface area contributed by atoms with Gasteiger partial charge in [0.2, 0.25) is 0 Å². The molecule has 6 nitrogen and oxygen atoms in total. The first-order valence-electron chi connectivity index (χ1n) is 1.40. The monoisotopic (exact) mass is 142 g/mol. The van der Waals surface area contributed by atoms with Crippen LogP contribution in [0.15, 0.2) is 0 Å². The number of carbonyl (C=O) groups excluding carboxylic acids is 1. The zero-order valence-corrected chi connectivity index (χ0v) is 4.45. The second-order valence-corrected chi connectivity index (χ2v) is 1.89. The van der Waals surface area contributed by atoms with Crippen LogP contribution in [0.5, 0.6) is 0 Å². The van der Waals surface area contributed by atoms with E-state index < -0.39 is 7.82 Å². The van der Waals surface area contributed by atoms with Crippen molar-refractivity contribution < 1.29 is 28.7 Å². The molecule has 0 saturated carbocycles. The zero-order valence-electron chi connectivity index (χ0n) is 3.55. The van der Waals surface area contributed by atoms with E-state index in [0.29, 0.717) is 0 Å². The summed E-state index contributed by atoms with van der Waals surface area (Å²) in [6.45, 7) is -0.237. The van der Waals surface area contributed by atoms with Gasteiger partial charge in [-0.05, 0) is 0 Å². The third-order valence-corrected chi connectivity index (χ3v) is 0.460. The number of hydrogen-bond donors (Lipinski definition) is 2. The van der Waals surface area contributed by atoms with E-state index in [1.165, 1.54) is 0 Å². The van der Waals surface area contributed by atoms with Crippen LogP contribution in [0.3, 0.4) is 0 Å². The standard InChI is InChI=1S/CH3O6P/c2-1-6-7-8(3,4)5/h1H,(H2,3,4,5). The normalized spacial score (nSPS) is 10.8. The van der Waals surface area contributed by atoms with E-state index in [0.717, 1.165) is 0 Å². The summed E-state index contributed by atoms with van der Waals surface area (Å²) < 4.78 is 12.8. The smallest absolute Gasteiger partial charge is 0.301 e. The van der Waals surface area contributed by atoms with E-state index in [9.17, 15) is 4.57 Å². The molecule has 48 valence electrons. The van der Waals surface area contributed by atoms with Crippen LogP contribution in [0.2, 0.25) is 0 Å². The van der Waals surface area contributed by atoms with Crippen molar-refractivity contribution in [2.75, 3.05) is 0 Å². The Morgan fingerprint density at radius 2 is 2.00 bits per heavy atom. The SMILES string of the molecule is O=COOP(=O)(O)O. The molecule has 0 aromatic rings. The summed E-state index contributed by atoms with van der Waals surface area (Å²) >= 11 is 0. The predicted molar refractivity (Wildman–Crippen MR) is 20.3 cm³/mol. The summed E-state index contributed by atoms with van der Waals surface area (Å²) in [5.74, 6) is 0. The van der Waals surface area contributed by atoms with Gasteiger partial charge >= 0.3 is 14.3 Å². The third-order valence-electron chi connectivity index (χ3n) is 0.179. The largest absolute Gasteiger partial charge is 0.505 e. The average molecular weight is 142 g/mol. The molecule has 0 unspecified atom stereocenters. The molecule has 0 fully saturated rings. The van der Waals surface area contributed by atoms with Crippen molar-refractivity contribution in [1.82, 2.24) is 0 Å². The molecular weight excluding hydrogens is 139 g/mol. The van der Waals surface area contributed by atoms with Crippen LogP contribution in [0, 0.1) is 0 Å². The summed E-state index contributed by atoms with van der Waals surface area (Å²) in [4.78, 5) is 27.9. The Hall–Kier alpha value is -0.420. The molecule has 0 radical (unpaired) electrons. The summed E-state index contributed by atoms with van der Waals surface area (Å²) in [5.41, 5.74) is 0. The maximum absolute atomic E-state index is 9.58. The van der Waals surface area contributed by atoms with Crippen LogP contribution in [0.1, 0.15) is 0 Å². The van der Waals surface area contributed by atoms with Crippen molar-refractivity contribution >= 4 is 14.3 Å². The predicted octanol–water partition coefficient (Wildman–Crippen LogP) is -0.816. The summed E-state index contributed by atoms with van der Waals surface area (Å²) in [6.07, 6.45) is 0. The molecule has 0 aliphatic rings. The molecule has 0 amide bonds. The fourth-order valence-corrected chi connectivity index (χ4v) is 0.221. The molecule has 7 heteroatoms. The second kappa shape index (κ2) is 2.78. The van der Waals surface area contributed by atoms with Gasteiger partial charge in [-0.25, -0.2) is 4.57 Å². The van der Waals surface area contributed by atoms with Gasteiger partial charge in [0.15, 0.2) is 0 Å². The molecular formula is CH3O6P. The molecule has 0 aliphatic carbocycles. The third kappa shape index (κ3) is 5.58. The molecule has 0 aromatic carbocycles. The minimum absolute atomic E-state index is 0.237. The molecule has 0 saturated heterocycles. The van der Waals surface area contributed by atoms with Gasteiger partial charge in [0.1, 0.15) is 0 Å². The Balaban J connectivity index is 3.40. The van der Waals surface area contributed by atoms with Crippen LogP contribution in [-0.2, 0) is 18.9 Å². The molecule has 0 rings (SSSR count). The second-order valence-electron chi connectivity index (χ2n) is 0.758. The van der Waals surface area contributed by atoms with Gasteiger partial charge < -0.3 is 9.79 Å². The summed E-state index contributed by atoms with van der Waals surface area (Å²) in [6, 6.07) is 0. The van der Waals surface area contributed by atoms with Gasteiger partial charge in [-0.15, -0.1) is 0 Å². The molecule has 8 heavy (non-hydrogen) atoms. The first kappa shape index (κ1) is 7.58. The highest BCUT2D eigenvalue weighted by molar-refractivity contribution is 7.46. The van der Waals surface area contributed by atoms with Crippen LogP contribution in [0.25, 0.3) is 0 Å². The molecule has 0 spiro atoms. The van der Waals surface area contributed by atoms with Gasteiger partial charge in [-0.3, -0.25) is 9.68 Å². The molecule has 0 atom stereocenters. The Morgan fingerprint density at radius 1 is 1.50 bits per heavy atom. The fraction of sp³-hybridized carbons (Fsp3) is 0. The summed E-state index contributed by atoms with van der Waals surface area (Å²) in [5, 5.41) is 0. The number of hydrogen-bond acceptors (Lipinski definition) is 4. The molecule has 2 N–H and O–H groups in total. The van der Waals surface area contributed by atoms with Crippen LogP contribution in [-0.4, -0.2) is 16.3 Å². The average Bonchev–Trinajstić information content (AvgIpc) is 1.59. The molecule has 0 heterocycles. The lowest BCUT2D eigenvalue weighted by Gasteiger charge is -1.96. The van der Waals surface area contributed by atoms with E-state index in [1.807, 2.05) is 0 Å². The van der Waals surface area contributed by atoms with E-state index >= 15 is 0 Å². The van der Waals surface area contributed by atoms with Gasteiger partial charge in [0, 0.05) is 0 Å². The highest BCUT2D eigenvalue weighted by atomic mass is 31.2. The quantitative estimate of drug-likeness (QED) is 0.231. The van der Waals surface area contributed by atoms with Crippen molar-refractivity contribution in [3.05, 3.63) is 0 Å². The first-order valence-corrected chi connectivity index (χ1v) is 2.93. The molecule has 0 aliphatic heterocycles. The van der Waals surface area contributed by atoms with Crippen LogP contribution in [0.4, 0.5) is 0 Å². The Kier molecular flexibility index (Phi) is 2.64. The summed E-state index contributed by atoms with van der Waals surface area (Å²) in [7, 11) is -4.64. The highest BCUT2D eigenvalue weighted by Crippen LogP contribution is 2.35. The maximum Gasteiger partial charge on any atom is 0.505 e. The van der Waals surface area contributed by atoms with Crippen molar-refractivity contribution in [2.24, 2.45) is 0 Å². The van der Waals surface area contributed by atoms with Gasteiger partial charge in [0.25, 0.3) is 0 Å². The minimum atomic E-state index is -4.64. The van der Waals surface area contributed by atoms with Crippen molar-refractivity contribution in [1.29, 1.82) is 0 Å². The van der Waals surface area contributed by atoms with Gasteiger partial charge in [-0.2, -0.15) is 0 Å². The lowest BCUT2D eigenvalue weighted by atomic mass is 11.7. The van der Waals surface area contributed by atoms with E-state index in [1.54, 1.807) is 0 Å². The molecule has 0 bridgehead atoms. The Morgan fingerprint density at radius 3 is 2.12 bits per heavy atom. The van der Waals surface area contributed by atoms with Crippen LogP contribution >= 0.6 is 7.82 Å². The van der Waals surface area contributed by atoms with E-state index in [2.05, 4.69) is 9.56 Å². The van der Waals surface area contributed by atoms with E-state index in [4.69, 9.17) is 14.6 Å². The van der Waals surface area contributed by atoms with Gasteiger partial charge in [0.05, 0.1) is 0 Å². The Bertz CT molecular complexity index is 112. The van der Waals surface area contributed by atoms with Crippen molar-refractivity contribution in [3.63, 3.8) is 0 Å². The number of phosphoric acid groups is 1. The van der Waals surface area contributed by atoms with Crippen molar-refractivity contribution in [3.8, 4) is 0 Å². The molecule has 0 aromatic heterocycles. The lowest BCUT2D eigenvalue weighted by Crippen LogP contribution is -1.87.